The van der Waals surface area contributed by atoms with Crippen molar-refractivity contribution in [1.29, 1.82) is 0 Å². The van der Waals surface area contributed by atoms with Crippen LogP contribution in [-0.2, 0) is 5.41 Å². The molecule has 0 aliphatic heterocycles. The first-order valence-electron chi connectivity index (χ1n) is 6.38. The van der Waals surface area contributed by atoms with E-state index in [4.69, 9.17) is 4.43 Å². The van der Waals surface area contributed by atoms with Crippen LogP contribution in [0.5, 0.6) is 5.75 Å². The van der Waals surface area contributed by atoms with Crippen LogP contribution in [0.3, 0.4) is 0 Å². The second-order valence-corrected chi connectivity index (χ2v) is 8.62. The highest BCUT2D eigenvalue weighted by Crippen LogP contribution is 2.33. The Morgan fingerprint density at radius 2 is 1.72 bits per heavy atom. The first-order valence-corrected chi connectivity index (χ1v) is 9.91. The molecule has 1 nitrogen and oxygen atoms in total. The van der Waals surface area contributed by atoms with Crippen LogP contribution in [0, 0.1) is 6.92 Å². The van der Waals surface area contributed by atoms with Gasteiger partial charge in [0.05, 0.1) is 0 Å². The molecule has 0 bridgehead atoms. The molecule has 18 heavy (non-hydrogen) atoms. The fourth-order valence-corrected chi connectivity index (χ4v) is 2.26. The zero-order valence-corrected chi connectivity index (χ0v) is 15.3. The van der Waals surface area contributed by atoms with Crippen LogP contribution in [0.1, 0.15) is 38.8 Å². The van der Waals surface area contributed by atoms with E-state index in [0.29, 0.717) is 0 Å². The SMILES string of the molecule is CCBr.Cc1cccc(C(C)(C)C)c1O[Si](C)C. The van der Waals surface area contributed by atoms with Crippen molar-refractivity contribution in [3.8, 4) is 5.75 Å². The maximum absolute atomic E-state index is 6.00. The van der Waals surface area contributed by atoms with E-state index in [9.17, 15) is 0 Å². The summed E-state index contributed by atoms with van der Waals surface area (Å²) in [5.41, 5.74) is 2.71. The first-order chi connectivity index (χ1) is 8.23. The number of hydrogen-bond acceptors (Lipinski definition) is 1. The summed E-state index contributed by atoms with van der Waals surface area (Å²) in [5, 5.41) is 1.06. The van der Waals surface area contributed by atoms with E-state index < -0.39 is 9.04 Å². The third kappa shape index (κ3) is 6.05. The fourth-order valence-electron chi connectivity index (χ4n) is 1.58. The minimum atomic E-state index is -0.691. The van der Waals surface area contributed by atoms with Crippen molar-refractivity contribution in [2.75, 3.05) is 5.33 Å². The molecule has 0 aromatic heterocycles. The molecule has 1 aromatic rings. The van der Waals surface area contributed by atoms with Crippen molar-refractivity contribution in [3.05, 3.63) is 29.3 Å². The normalized spacial score (nSPS) is 10.9. The Hall–Kier alpha value is -0.283. The van der Waals surface area contributed by atoms with Crippen LogP contribution in [-0.4, -0.2) is 14.4 Å². The quantitative estimate of drug-likeness (QED) is 0.526. The number of para-hydroxylation sites is 1. The Morgan fingerprint density at radius 1 is 1.22 bits per heavy atom. The van der Waals surface area contributed by atoms with Gasteiger partial charge in [-0.15, -0.1) is 0 Å². The van der Waals surface area contributed by atoms with E-state index in [2.05, 4.69) is 74.9 Å². The molecule has 1 rings (SSSR count). The molecule has 0 heterocycles. The molecular formula is C15H26BrOSi. The lowest BCUT2D eigenvalue weighted by molar-refractivity contribution is 0.517. The maximum Gasteiger partial charge on any atom is 0.274 e. The predicted molar refractivity (Wildman–Crippen MR) is 87.5 cm³/mol. The Morgan fingerprint density at radius 3 is 2.11 bits per heavy atom. The third-order valence-electron chi connectivity index (χ3n) is 2.33. The highest BCUT2D eigenvalue weighted by atomic mass is 79.9. The van der Waals surface area contributed by atoms with Gasteiger partial charge in [-0.2, -0.15) is 0 Å². The minimum absolute atomic E-state index is 0.151. The smallest absolute Gasteiger partial charge is 0.274 e. The summed E-state index contributed by atoms with van der Waals surface area (Å²) >= 11 is 3.15. The summed E-state index contributed by atoms with van der Waals surface area (Å²) in [7, 11) is -0.691. The average molecular weight is 330 g/mol. The van der Waals surface area contributed by atoms with Gasteiger partial charge in [0.25, 0.3) is 9.04 Å². The van der Waals surface area contributed by atoms with Crippen LogP contribution in [0.15, 0.2) is 18.2 Å². The summed E-state index contributed by atoms with van der Waals surface area (Å²) in [6, 6.07) is 6.41. The van der Waals surface area contributed by atoms with Crippen LogP contribution in [0.25, 0.3) is 0 Å². The van der Waals surface area contributed by atoms with Crippen molar-refractivity contribution in [2.24, 2.45) is 0 Å². The van der Waals surface area contributed by atoms with Gasteiger partial charge in [0.1, 0.15) is 5.75 Å². The lowest BCUT2D eigenvalue weighted by Crippen LogP contribution is -2.19. The zero-order valence-electron chi connectivity index (χ0n) is 12.7. The van der Waals surface area contributed by atoms with Gasteiger partial charge < -0.3 is 4.43 Å². The zero-order chi connectivity index (χ0) is 14.3. The molecular weight excluding hydrogens is 304 g/mol. The van der Waals surface area contributed by atoms with E-state index in [1.54, 1.807) is 0 Å². The minimum Gasteiger partial charge on any atom is -0.542 e. The molecule has 0 saturated carbocycles. The van der Waals surface area contributed by atoms with Crippen LogP contribution in [0.2, 0.25) is 13.1 Å². The Labute approximate surface area is 123 Å². The number of alkyl halides is 1. The molecule has 1 radical (unpaired) electrons. The van der Waals surface area contributed by atoms with Crippen LogP contribution in [0.4, 0.5) is 0 Å². The van der Waals surface area contributed by atoms with Gasteiger partial charge in [-0.25, -0.2) is 0 Å². The fraction of sp³-hybridized carbons (Fsp3) is 0.600. The lowest BCUT2D eigenvalue weighted by atomic mass is 9.85. The molecule has 3 heteroatoms. The maximum atomic E-state index is 6.00. The van der Waals surface area contributed by atoms with Crippen LogP contribution >= 0.6 is 15.9 Å². The number of aryl methyl sites for hydroxylation is 1. The van der Waals surface area contributed by atoms with Crippen LogP contribution < -0.4 is 4.43 Å². The number of benzene rings is 1. The van der Waals surface area contributed by atoms with E-state index in [0.717, 1.165) is 11.1 Å². The standard InChI is InChI=1S/C13H21OSi.C2H5Br/c1-10-8-7-9-11(13(2,3)4)12(10)14-15(5)6;1-2-3/h7-9H,1-6H3;2H2,1H3. The summed E-state index contributed by atoms with van der Waals surface area (Å²) in [5.74, 6) is 1.10. The van der Waals surface area contributed by atoms with Gasteiger partial charge in [-0.3, -0.25) is 0 Å². The molecule has 0 N–H and O–H groups in total. The van der Waals surface area contributed by atoms with Gasteiger partial charge in [-0.05, 0) is 36.6 Å². The summed E-state index contributed by atoms with van der Waals surface area (Å²) in [6.07, 6.45) is 0. The van der Waals surface area contributed by atoms with E-state index >= 15 is 0 Å². The Bertz CT molecular complexity index is 356. The van der Waals surface area contributed by atoms with Gasteiger partial charge in [0.15, 0.2) is 0 Å². The topological polar surface area (TPSA) is 9.23 Å². The molecule has 0 fully saturated rings. The first kappa shape index (κ1) is 17.7. The predicted octanol–water partition coefficient (Wildman–Crippen LogP) is 5.32. The third-order valence-corrected chi connectivity index (χ3v) is 2.94. The monoisotopic (exact) mass is 329 g/mol. The summed E-state index contributed by atoms with van der Waals surface area (Å²) < 4.78 is 6.00. The molecule has 0 unspecified atom stereocenters. The molecule has 103 valence electrons. The van der Waals surface area contributed by atoms with Crippen molar-refractivity contribution < 1.29 is 4.43 Å². The largest absolute Gasteiger partial charge is 0.542 e. The lowest BCUT2D eigenvalue weighted by Gasteiger charge is -2.25. The van der Waals surface area contributed by atoms with E-state index in [-0.39, 0.29) is 5.41 Å². The number of hydrogen-bond donors (Lipinski definition) is 0. The van der Waals surface area contributed by atoms with Crippen molar-refractivity contribution in [3.63, 3.8) is 0 Å². The van der Waals surface area contributed by atoms with Gasteiger partial charge in [-0.1, -0.05) is 61.8 Å². The van der Waals surface area contributed by atoms with E-state index in [1.807, 2.05) is 6.92 Å². The second kappa shape index (κ2) is 8.00. The molecule has 0 saturated heterocycles. The molecule has 0 aliphatic carbocycles. The van der Waals surface area contributed by atoms with Gasteiger partial charge >= 0.3 is 0 Å². The Kier molecular flexibility index (Phi) is 7.88. The molecule has 0 amide bonds. The summed E-state index contributed by atoms with van der Waals surface area (Å²) in [6.45, 7) is 15.2. The highest BCUT2D eigenvalue weighted by Gasteiger charge is 2.20. The van der Waals surface area contributed by atoms with Crippen molar-refractivity contribution in [1.82, 2.24) is 0 Å². The number of rotatable bonds is 2. The average Bonchev–Trinajstić information content (AvgIpc) is 2.20. The molecule has 0 aliphatic rings. The highest BCUT2D eigenvalue weighted by molar-refractivity contribution is 9.09. The summed E-state index contributed by atoms with van der Waals surface area (Å²) in [4.78, 5) is 0. The van der Waals surface area contributed by atoms with E-state index in [1.165, 1.54) is 11.1 Å². The van der Waals surface area contributed by atoms with Gasteiger partial charge in [0, 0.05) is 5.33 Å². The Balaban J connectivity index is 0.000000873. The molecule has 0 spiro atoms. The number of halogens is 1. The second-order valence-electron chi connectivity index (χ2n) is 5.48. The molecule has 0 atom stereocenters. The van der Waals surface area contributed by atoms with Gasteiger partial charge in [0.2, 0.25) is 0 Å². The van der Waals surface area contributed by atoms with Crippen molar-refractivity contribution >= 4 is 25.0 Å². The van der Waals surface area contributed by atoms with Crippen molar-refractivity contribution in [2.45, 2.75) is 53.1 Å². The molecule has 1 aromatic carbocycles.